The summed E-state index contributed by atoms with van der Waals surface area (Å²) in [6.07, 6.45) is 1.06. The SMILES string of the molecule is Cc1cccc(N([C@H](C)C(=O)Nc2ccccc2C(=O)NCC(C)C)S(C)(=O)=O)c1. The van der Waals surface area contributed by atoms with Gasteiger partial charge in [-0.15, -0.1) is 0 Å². The van der Waals surface area contributed by atoms with Gasteiger partial charge in [0.15, 0.2) is 0 Å². The molecule has 0 saturated carbocycles. The van der Waals surface area contributed by atoms with Crippen molar-refractivity contribution in [2.75, 3.05) is 22.4 Å². The zero-order valence-electron chi connectivity index (χ0n) is 18.0. The number of hydrogen-bond acceptors (Lipinski definition) is 4. The number of aryl methyl sites for hydroxylation is 1. The summed E-state index contributed by atoms with van der Waals surface area (Å²) in [6, 6.07) is 12.6. The molecule has 0 heterocycles. The third-order valence-electron chi connectivity index (χ3n) is 4.45. The molecule has 2 amide bonds. The van der Waals surface area contributed by atoms with Crippen LogP contribution < -0.4 is 14.9 Å². The van der Waals surface area contributed by atoms with Crippen molar-refractivity contribution in [3.8, 4) is 0 Å². The quantitative estimate of drug-likeness (QED) is 0.671. The fraction of sp³-hybridized carbons (Fsp3) is 0.364. The van der Waals surface area contributed by atoms with E-state index in [9.17, 15) is 18.0 Å². The van der Waals surface area contributed by atoms with Gasteiger partial charge in [-0.25, -0.2) is 8.42 Å². The summed E-state index contributed by atoms with van der Waals surface area (Å²) in [7, 11) is -3.72. The molecule has 0 radical (unpaired) electrons. The lowest BCUT2D eigenvalue weighted by Gasteiger charge is -2.28. The highest BCUT2D eigenvalue weighted by Gasteiger charge is 2.29. The van der Waals surface area contributed by atoms with E-state index < -0.39 is 22.0 Å². The Balaban J connectivity index is 2.29. The lowest BCUT2D eigenvalue weighted by molar-refractivity contribution is -0.116. The fourth-order valence-electron chi connectivity index (χ4n) is 2.99. The first kappa shape index (κ1) is 23.4. The van der Waals surface area contributed by atoms with Crippen molar-refractivity contribution in [1.29, 1.82) is 0 Å². The Labute approximate surface area is 178 Å². The van der Waals surface area contributed by atoms with Gasteiger partial charge in [0.25, 0.3) is 5.91 Å². The molecule has 0 aliphatic carbocycles. The third-order valence-corrected chi connectivity index (χ3v) is 5.69. The Hall–Kier alpha value is -2.87. The van der Waals surface area contributed by atoms with Gasteiger partial charge in [-0.1, -0.05) is 38.1 Å². The second-order valence-corrected chi connectivity index (χ2v) is 9.57. The molecule has 0 bridgehead atoms. The van der Waals surface area contributed by atoms with E-state index in [1.165, 1.54) is 6.92 Å². The summed E-state index contributed by atoms with van der Waals surface area (Å²) >= 11 is 0. The molecule has 1 atom stereocenters. The van der Waals surface area contributed by atoms with Gasteiger partial charge in [-0.2, -0.15) is 0 Å². The molecule has 30 heavy (non-hydrogen) atoms. The molecule has 2 rings (SSSR count). The van der Waals surface area contributed by atoms with Gasteiger partial charge in [-0.3, -0.25) is 13.9 Å². The molecule has 0 aliphatic rings. The predicted octanol–water partition coefficient (Wildman–Crippen LogP) is 3.17. The number of carbonyl (C=O) groups excluding carboxylic acids is 2. The van der Waals surface area contributed by atoms with E-state index in [-0.39, 0.29) is 11.8 Å². The highest BCUT2D eigenvalue weighted by atomic mass is 32.2. The first-order chi connectivity index (χ1) is 14.0. The second kappa shape index (κ2) is 9.75. The average Bonchev–Trinajstić information content (AvgIpc) is 2.65. The van der Waals surface area contributed by atoms with E-state index in [2.05, 4.69) is 10.6 Å². The highest BCUT2D eigenvalue weighted by Crippen LogP contribution is 2.23. The van der Waals surface area contributed by atoms with Crippen LogP contribution in [0.2, 0.25) is 0 Å². The summed E-state index contributed by atoms with van der Waals surface area (Å²) in [4.78, 5) is 25.5. The monoisotopic (exact) mass is 431 g/mol. The summed E-state index contributed by atoms with van der Waals surface area (Å²) in [6.45, 7) is 7.84. The van der Waals surface area contributed by atoms with E-state index in [0.29, 0.717) is 23.5 Å². The summed E-state index contributed by atoms with van der Waals surface area (Å²) in [5.41, 5.74) is 1.93. The molecule has 0 unspecified atom stereocenters. The lowest BCUT2D eigenvalue weighted by Crippen LogP contribution is -2.45. The van der Waals surface area contributed by atoms with Crippen LogP contribution in [0.5, 0.6) is 0 Å². The van der Waals surface area contributed by atoms with Crippen LogP contribution in [-0.4, -0.2) is 39.1 Å². The van der Waals surface area contributed by atoms with Crippen LogP contribution in [0.3, 0.4) is 0 Å². The maximum atomic E-state index is 13.0. The van der Waals surface area contributed by atoms with Gasteiger partial charge in [0.05, 0.1) is 23.2 Å². The van der Waals surface area contributed by atoms with Crippen molar-refractivity contribution in [3.05, 3.63) is 59.7 Å². The van der Waals surface area contributed by atoms with Crippen LogP contribution in [0.15, 0.2) is 48.5 Å². The van der Waals surface area contributed by atoms with Gasteiger partial charge in [0.2, 0.25) is 15.9 Å². The van der Waals surface area contributed by atoms with Crippen molar-refractivity contribution in [1.82, 2.24) is 5.32 Å². The smallest absolute Gasteiger partial charge is 0.253 e. The Kier molecular flexibility index (Phi) is 7.61. The minimum Gasteiger partial charge on any atom is -0.352 e. The van der Waals surface area contributed by atoms with E-state index in [0.717, 1.165) is 16.1 Å². The molecule has 0 aromatic heterocycles. The van der Waals surface area contributed by atoms with Gasteiger partial charge in [-0.05, 0) is 49.6 Å². The van der Waals surface area contributed by atoms with Crippen LogP contribution in [0.1, 0.15) is 36.7 Å². The molecule has 0 saturated heterocycles. The average molecular weight is 432 g/mol. The van der Waals surface area contributed by atoms with Gasteiger partial charge < -0.3 is 10.6 Å². The van der Waals surface area contributed by atoms with Gasteiger partial charge >= 0.3 is 0 Å². The van der Waals surface area contributed by atoms with Crippen molar-refractivity contribution >= 4 is 33.2 Å². The lowest BCUT2D eigenvalue weighted by atomic mass is 10.1. The van der Waals surface area contributed by atoms with Crippen molar-refractivity contribution in [2.24, 2.45) is 5.92 Å². The molecule has 7 nitrogen and oxygen atoms in total. The molecule has 2 aromatic carbocycles. The summed E-state index contributed by atoms with van der Waals surface area (Å²) < 4.78 is 26.0. The van der Waals surface area contributed by atoms with Crippen LogP contribution in [0, 0.1) is 12.8 Å². The van der Waals surface area contributed by atoms with Gasteiger partial charge in [0, 0.05) is 6.54 Å². The maximum absolute atomic E-state index is 13.0. The van der Waals surface area contributed by atoms with E-state index in [1.54, 1.807) is 42.5 Å². The van der Waals surface area contributed by atoms with Crippen molar-refractivity contribution < 1.29 is 18.0 Å². The molecular formula is C22H29N3O4S. The Morgan fingerprint density at radius 1 is 1.03 bits per heavy atom. The molecule has 8 heteroatoms. The standard InChI is InChI=1S/C22H29N3O4S/c1-15(2)14-23-22(27)19-11-6-7-12-20(19)24-21(26)17(4)25(30(5,28)29)18-10-8-9-16(3)13-18/h6-13,15,17H,14H2,1-5H3,(H,23,27)(H,24,26)/t17-/m1/s1. The number of amides is 2. The van der Waals surface area contributed by atoms with Crippen LogP contribution >= 0.6 is 0 Å². The molecule has 0 fully saturated rings. The molecule has 2 N–H and O–H groups in total. The van der Waals surface area contributed by atoms with Crippen LogP contribution in [0.4, 0.5) is 11.4 Å². The zero-order chi connectivity index (χ0) is 22.5. The summed E-state index contributed by atoms with van der Waals surface area (Å²) in [5.74, 6) is -0.551. The molecule has 2 aromatic rings. The number of nitrogens with one attached hydrogen (secondary N) is 2. The number of nitrogens with zero attached hydrogens (tertiary/aromatic N) is 1. The molecule has 0 spiro atoms. The third kappa shape index (κ3) is 6.06. The zero-order valence-corrected chi connectivity index (χ0v) is 18.8. The topological polar surface area (TPSA) is 95.6 Å². The number of benzene rings is 2. The Morgan fingerprint density at radius 2 is 1.70 bits per heavy atom. The first-order valence-corrected chi connectivity index (χ1v) is 11.6. The van der Waals surface area contributed by atoms with E-state index in [1.807, 2.05) is 26.8 Å². The Bertz CT molecular complexity index is 1020. The molecular weight excluding hydrogens is 402 g/mol. The van der Waals surface area contributed by atoms with Crippen molar-refractivity contribution in [3.63, 3.8) is 0 Å². The maximum Gasteiger partial charge on any atom is 0.253 e. The summed E-state index contributed by atoms with van der Waals surface area (Å²) in [5, 5.41) is 5.53. The number of para-hydroxylation sites is 1. The van der Waals surface area contributed by atoms with Crippen LogP contribution in [0.25, 0.3) is 0 Å². The minimum absolute atomic E-state index is 0.286. The van der Waals surface area contributed by atoms with Crippen molar-refractivity contribution in [2.45, 2.75) is 33.7 Å². The molecule has 0 aliphatic heterocycles. The highest BCUT2D eigenvalue weighted by molar-refractivity contribution is 7.92. The largest absolute Gasteiger partial charge is 0.352 e. The van der Waals surface area contributed by atoms with Crippen LogP contribution in [-0.2, 0) is 14.8 Å². The van der Waals surface area contributed by atoms with E-state index >= 15 is 0 Å². The van der Waals surface area contributed by atoms with Gasteiger partial charge in [0.1, 0.15) is 6.04 Å². The normalized spacial score (nSPS) is 12.3. The minimum atomic E-state index is -3.72. The first-order valence-electron chi connectivity index (χ1n) is 9.75. The number of rotatable bonds is 8. The number of hydrogen-bond donors (Lipinski definition) is 2. The number of carbonyl (C=O) groups is 2. The number of sulfonamides is 1. The predicted molar refractivity (Wildman–Crippen MR) is 120 cm³/mol. The second-order valence-electron chi connectivity index (χ2n) is 7.71. The van der Waals surface area contributed by atoms with E-state index in [4.69, 9.17) is 0 Å². The fourth-order valence-corrected chi connectivity index (χ4v) is 4.16. The molecule has 162 valence electrons. The number of anilines is 2. The Morgan fingerprint density at radius 3 is 2.30 bits per heavy atom.